The van der Waals surface area contributed by atoms with E-state index in [1.54, 1.807) is 0 Å². The predicted molar refractivity (Wildman–Crippen MR) is 248 cm³/mol. The zero-order valence-electron chi connectivity index (χ0n) is 37.8. The van der Waals surface area contributed by atoms with Crippen molar-refractivity contribution in [2.45, 2.75) is 185 Å². The first-order chi connectivity index (χ1) is 30.4. The van der Waals surface area contributed by atoms with Crippen molar-refractivity contribution in [3.8, 4) is 0 Å². The molecule has 8 atom stereocenters. The molecule has 0 radical (unpaired) electrons. The molecule has 358 valence electrons. The summed E-state index contributed by atoms with van der Waals surface area (Å²) in [7, 11) is -5.15. The Labute approximate surface area is 377 Å². The van der Waals surface area contributed by atoms with E-state index in [0.29, 0.717) is 19.3 Å². The third kappa shape index (κ3) is 30.5. The average molecular weight is 907 g/mol. The molecule has 0 spiro atoms. The van der Waals surface area contributed by atoms with Crippen LogP contribution in [0.25, 0.3) is 0 Å². The molecular formula is C49H79O13P. The minimum Gasteiger partial charge on any atom is -0.462 e. The smallest absolute Gasteiger partial charge is 0.462 e. The van der Waals surface area contributed by atoms with Gasteiger partial charge in [-0.25, -0.2) is 4.57 Å². The molecule has 1 fully saturated rings. The van der Waals surface area contributed by atoms with E-state index in [1.165, 1.54) is 38.5 Å². The maximum absolute atomic E-state index is 12.8. The largest absolute Gasteiger partial charge is 0.472 e. The number of hydrogen-bond acceptors (Lipinski definition) is 12. The molecule has 1 aliphatic carbocycles. The van der Waals surface area contributed by atoms with E-state index in [1.807, 2.05) is 18.2 Å². The summed E-state index contributed by atoms with van der Waals surface area (Å²) < 4.78 is 33.4. The van der Waals surface area contributed by atoms with E-state index in [9.17, 15) is 44.6 Å². The predicted octanol–water partition coefficient (Wildman–Crippen LogP) is 9.05. The summed E-state index contributed by atoms with van der Waals surface area (Å²) >= 11 is 0. The second-order valence-electron chi connectivity index (χ2n) is 15.5. The molecule has 0 aliphatic heterocycles. The Balaban J connectivity index is 2.55. The standard InChI is InChI=1S/C49H79O13P/c1-3-5-7-9-11-13-15-17-19-20-21-22-24-25-27-29-31-33-35-37-42(50)59-39-41(40-60-63(57,58)62-49-47(55)45(53)44(52)46(54)48(49)56)61-43(51)38-36-34-32-30-28-26-23-18-16-14-12-10-8-6-4-2/h5,7,11,13,17-19,21-23,25,27-28,30-31,33,41,44-49,52-56H,3-4,6,8-10,12,14-16,20,24,26,29,32,34-40H2,1-2H3,(H,57,58)/b7-5+,13-11+,19-17+,22-21+,23-18+,27-25+,30-28+,33-31+/t41-,44?,45-,46?,47?,48?,49?/m0/s1. The van der Waals surface area contributed by atoms with Gasteiger partial charge in [-0.2, -0.15) is 0 Å². The summed E-state index contributed by atoms with van der Waals surface area (Å²) in [6.45, 7) is 3.07. The lowest BCUT2D eigenvalue weighted by atomic mass is 9.85. The molecule has 0 bridgehead atoms. The van der Waals surface area contributed by atoms with Crippen LogP contribution in [-0.2, 0) is 32.7 Å². The highest BCUT2D eigenvalue weighted by atomic mass is 31.2. The fourth-order valence-electron chi connectivity index (χ4n) is 6.22. The molecule has 6 N–H and O–H groups in total. The molecule has 13 nitrogen and oxygen atoms in total. The van der Waals surface area contributed by atoms with Gasteiger partial charge in [-0.1, -0.05) is 143 Å². The molecule has 0 aromatic rings. The first-order valence-corrected chi connectivity index (χ1v) is 24.5. The van der Waals surface area contributed by atoms with Crippen LogP contribution in [-0.4, -0.2) is 98.3 Å². The molecule has 1 saturated carbocycles. The van der Waals surface area contributed by atoms with Crippen LogP contribution >= 0.6 is 7.82 Å². The highest BCUT2D eigenvalue weighted by molar-refractivity contribution is 7.47. The third-order valence-electron chi connectivity index (χ3n) is 9.92. The maximum atomic E-state index is 12.8. The monoisotopic (exact) mass is 907 g/mol. The fourth-order valence-corrected chi connectivity index (χ4v) is 7.20. The Morgan fingerprint density at radius 1 is 0.508 bits per heavy atom. The van der Waals surface area contributed by atoms with Crippen molar-refractivity contribution in [2.24, 2.45) is 0 Å². The van der Waals surface area contributed by atoms with Crippen molar-refractivity contribution in [1.82, 2.24) is 0 Å². The van der Waals surface area contributed by atoms with Gasteiger partial charge in [-0.15, -0.1) is 0 Å². The molecule has 0 saturated heterocycles. The highest BCUT2D eigenvalue weighted by Gasteiger charge is 2.51. The fraction of sp³-hybridized carbons (Fsp3) is 0.633. The number of hydrogen-bond donors (Lipinski definition) is 6. The van der Waals surface area contributed by atoms with E-state index in [0.717, 1.165) is 57.8 Å². The number of allylic oxidation sites excluding steroid dienone is 16. The van der Waals surface area contributed by atoms with Crippen LogP contribution in [0.4, 0.5) is 0 Å². The second-order valence-corrected chi connectivity index (χ2v) is 16.9. The number of unbranched alkanes of at least 4 members (excludes halogenated alkanes) is 8. The number of carbonyl (C=O) groups is 2. The summed E-state index contributed by atoms with van der Waals surface area (Å²) in [5.41, 5.74) is 0. The summed E-state index contributed by atoms with van der Waals surface area (Å²) in [4.78, 5) is 35.6. The van der Waals surface area contributed by atoms with Crippen LogP contribution < -0.4 is 0 Å². The molecule has 1 aliphatic rings. The average Bonchev–Trinajstić information content (AvgIpc) is 3.26. The molecule has 0 aromatic carbocycles. The molecular weight excluding hydrogens is 827 g/mol. The lowest BCUT2D eigenvalue weighted by molar-refractivity contribution is -0.220. The SMILES string of the molecule is CC/C=C/C/C=C/C/C=C/C/C=C/C/C=C/C/C=C/CCC(=O)OC[C@@H](COP(=O)(O)OC1C(O)C(O)C(O)[C@H](O)C1O)OC(=O)CCCC/C=C/C/C=C/CCCCCCCC. The number of phosphoric ester groups is 1. The van der Waals surface area contributed by atoms with E-state index in [2.05, 4.69) is 92.8 Å². The number of phosphoric acid groups is 1. The Morgan fingerprint density at radius 3 is 1.44 bits per heavy atom. The van der Waals surface area contributed by atoms with Gasteiger partial charge in [0.25, 0.3) is 0 Å². The lowest BCUT2D eigenvalue weighted by Crippen LogP contribution is -2.64. The quantitative estimate of drug-likeness (QED) is 0.0150. The van der Waals surface area contributed by atoms with E-state index < -0.39 is 75.7 Å². The Hall–Kier alpha value is -3.23. The van der Waals surface area contributed by atoms with Crippen LogP contribution in [0.3, 0.4) is 0 Å². The van der Waals surface area contributed by atoms with Gasteiger partial charge in [0.05, 0.1) is 6.61 Å². The Kier molecular flexibility index (Phi) is 34.9. The highest BCUT2D eigenvalue weighted by Crippen LogP contribution is 2.47. The van der Waals surface area contributed by atoms with Crippen molar-refractivity contribution in [2.75, 3.05) is 13.2 Å². The molecule has 63 heavy (non-hydrogen) atoms. The zero-order chi connectivity index (χ0) is 46.4. The third-order valence-corrected chi connectivity index (χ3v) is 10.9. The van der Waals surface area contributed by atoms with Gasteiger partial charge in [0.1, 0.15) is 43.2 Å². The number of esters is 2. The number of aliphatic hydroxyl groups excluding tert-OH is 5. The van der Waals surface area contributed by atoms with Crippen LogP contribution in [0.1, 0.15) is 142 Å². The maximum Gasteiger partial charge on any atom is 0.472 e. The van der Waals surface area contributed by atoms with Crippen molar-refractivity contribution in [3.63, 3.8) is 0 Å². The van der Waals surface area contributed by atoms with Gasteiger partial charge in [0.2, 0.25) is 0 Å². The molecule has 0 aromatic heterocycles. The topological polar surface area (TPSA) is 210 Å². The van der Waals surface area contributed by atoms with Gasteiger partial charge in [-0.3, -0.25) is 18.6 Å². The van der Waals surface area contributed by atoms with Crippen molar-refractivity contribution < 1.29 is 63.1 Å². The van der Waals surface area contributed by atoms with Gasteiger partial charge < -0.3 is 39.9 Å². The summed E-state index contributed by atoms with van der Waals surface area (Å²) in [6, 6.07) is 0. The van der Waals surface area contributed by atoms with Crippen LogP contribution in [0, 0.1) is 0 Å². The van der Waals surface area contributed by atoms with E-state index in [-0.39, 0.29) is 12.8 Å². The Bertz CT molecular complexity index is 1470. The normalized spacial score (nSPS) is 22.6. The number of aliphatic hydroxyl groups is 5. The minimum atomic E-state index is -5.15. The molecule has 0 amide bonds. The summed E-state index contributed by atoms with van der Waals surface area (Å²) in [5.74, 6) is -1.25. The van der Waals surface area contributed by atoms with Crippen LogP contribution in [0.15, 0.2) is 97.2 Å². The van der Waals surface area contributed by atoms with E-state index in [4.69, 9.17) is 18.5 Å². The van der Waals surface area contributed by atoms with Gasteiger partial charge in [-0.05, 0) is 83.5 Å². The summed E-state index contributed by atoms with van der Waals surface area (Å²) in [6.07, 6.45) is 37.6. The lowest BCUT2D eigenvalue weighted by Gasteiger charge is -2.41. The van der Waals surface area contributed by atoms with Crippen LogP contribution in [0.2, 0.25) is 0 Å². The number of rotatable bonds is 36. The van der Waals surface area contributed by atoms with Gasteiger partial charge >= 0.3 is 19.8 Å². The van der Waals surface area contributed by atoms with E-state index >= 15 is 0 Å². The summed E-state index contributed by atoms with van der Waals surface area (Å²) in [5, 5.41) is 50.1. The number of carbonyl (C=O) groups excluding carboxylic acids is 2. The first kappa shape index (κ1) is 57.8. The number of ether oxygens (including phenoxy) is 2. The van der Waals surface area contributed by atoms with Crippen molar-refractivity contribution in [3.05, 3.63) is 97.2 Å². The molecule has 14 heteroatoms. The first-order valence-electron chi connectivity index (χ1n) is 23.0. The zero-order valence-corrected chi connectivity index (χ0v) is 38.7. The van der Waals surface area contributed by atoms with Gasteiger partial charge in [0.15, 0.2) is 6.10 Å². The van der Waals surface area contributed by atoms with Crippen LogP contribution in [0.5, 0.6) is 0 Å². The van der Waals surface area contributed by atoms with Crippen molar-refractivity contribution >= 4 is 19.8 Å². The molecule has 1 rings (SSSR count). The Morgan fingerprint density at radius 2 is 0.937 bits per heavy atom. The minimum absolute atomic E-state index is 0.0295. The molecule has 0 heterocycles. The molecule has 6 unspecified atom stereocenters. The van der Waals surface area contributed by atoms with Crippen molar-refractivity contribution in [1.29, 1.82) is 0 Å². The van der Waals surface area contributed by atoms with Gasteiger partial charge in [0, 0.05) is 12.8 Å². The second kappa shape index (κ2) is 38.1.